The number of Topliss-reactive ketones (excluding diaryl/α,β-unsaturated/α-hetero) is 1. The van der Waals surface area contributed by atoms with E-state index < -0.39 is 0 Å². The number of ketones is 1. The van der Waals surface area contributed by atoms with Gasteiger partial charge in [-0.25, -0.2) is 0 Å². The summed E-state index contributed by atoms with van der Waals surface area (Å²) in [6.45, 7) is 8.35. The number of hydrogen-bond acceptors (Lipinski definition) is 6. The fraction of sp³-hybridized carbons (Fsp3) is 0.583. The standard InChI is InChI=1S/C23H30O3S.CO2/c1-5-6-9-27-12-23-8-7-16(26-23)18-20(23)22(25)19(21(18)24)17-14(3)10-13(2)11-15(17)4;2-1-3/h10-11,16,18,20,24H,5-9,12H2,1-4H3;/t16-,18-,20+,23-;/m0./s1. The van der Waals surface area contributed by atoms with Crippen LogP contribution in [-0.2, 0) is 19.1 Å². The number of rotatable bonds is 6. The lowest BCUT2D eigenvalue weighted by Gasteiger charge is -2.32. The van der Waals surface area contributed by atoms with Gasteiger partial charge in [0, 0.05) is 5.75 Å². The largest absolute Gasteiger partial charge is 0.511 e. The number of allylic oxidation sites excluding steroid dienone is 1. The van der Waals surface area contributed by atoms with E-state index in [0.29, 0.717) is 5.57 Å². The molecular formula is C24H30O5S. The number of ether oxygens (including phenoxy) is 1. The minimum absolute atomic E-state index is 0.00529. The van der Waals surface area contributed by atoms with Crippen LogP contribution in [0.2, 0.25) is 0 Å². The van der Waals surface area contributed by atoms with Crippen molar-refractivity contribution in [3.8, 4) is 0 Å². The van der Waals surface area contributed by atoms with Crippen LogP contribution in [0.5, 0.6) is 0 Å². The molecule has 4 atom stereocenters. The minimum Gasteiger partial charge on any atom is -0.511 e. The maximum atomic E-state index is 13.6. The molecule has 2 aliphatic heterocycles. The number of fused-ring (bicyclic) bond motifs is 5. The zero-order valence-electron chi connectivity index (χ0n) is 18.1. The molecule has 3 aliphatic rings. The molecule has 2 saturated heterocycles. The van der Waals surface area contributed by atoms with Gasteiger partial charge in [-0.2, -0.15) is 21.4 Å². The molecule has 1 aromatic carbocycles. The number of hydrogen-bond donors (Lipinski definition) is 1. The summed E-state index contributed by atoms with van der Waals surface area (Å²) in [6, 6.07) is 4.21. The Morgan fingerprint density at radius 1 is 1.23 bits per heavy atom. The van der Waals surface area contributed by atoms with Crippen molar-refractivity contribution in [1.29, 1.82) is 0 Å². The summed E-state index contributed by atoms with van der Waals surface area (Å²) in [7, 11) is 0. The highest BCUT2D eigenvalue weighted by Gasteiger charge is 2.66. The van der Waals surface area contributed by atoms with Gasteiger partial charge < -0.3 is 9.84 Å². The third kappa shape index (κ3) is 3.77. The van der Waals surface area contributed by atoms with Gasteiger partial charge in [0.2, 0.25) is 0 Å². The van der Waals surface area contributed by atoms with Crippen molar-refractivity contribution in [3.63, 3.8) is 0 Å². The Hall–Kier alpha value is -1.88. The molecule has 1 aliphatic carbocycles. The molecular weight excluding hydrogens is 400 g/mol. The average Bonchev–Trinajstić information content (AvgIpc) is 3.31. The monoisotopic (exact) mass is 430 g/mol. The van der Waals surface area contributed by atoms with Crippen molar-refractivity contribution in [2.24, 2.45) is 11.8 Å². The highest BCUT2D eigenvalue weighted by Crippen LogP contribution is 2.60. The van der Waals surface area contributed by atoms with Crippen molar-refractivity contribution in [2.45, 2.75) is 65.1 Å². The van der Waals surface area contributed by atoms with Gasteiger partial charge in [-0.1, -0.05) is 31.0 Å². The lowest BCUT2D eigenvalue weighted by molar-refractivity contribution is -0.191. The predicted octanol–water partition coefficient (Wildman–Crippen LogP) is 4.58. The number of aryl methyl sites for hydroxylation is 3. The Labute approximate surface area is 182 Å². The Kier molecular flexibility index (Phi) is 6.91. The molecule has 6 heteroatoms. The molecule has 2 heterocycles. The highest BCUT2D eigenvalue weighted by molar-refractivity contribution is 7.99. The lowest BCUT2D eigenvalue weighted by Crippen LogP contribution is -2.42. The van der Waals surface area contributed by atoms with E-state index in [1.807, 2.05) is 25.6 Å². The number of aliphatic hydroxyl groups excluding tert-OH is 1. The first-order valence-electron chi connectivity index (χ1n) is 10.6. The Morgan fingerprint density at radius 3 is 2.47 bits per heavy atom. The van der Waals surface area contributed by atoms with E-state index in [2.05, 4.69) is 26.0 Å². The molecule has 2 bridgehead atoms. The first kappa shape index (κ1) is 22.8. The van der Waals surface area contributed by atoms with Crippen molar-refractivity contribution in [1.82, 2.24) is 0 Å². The molecule has 5 nitrogen and oxygen atoms in total. The van der Waals surface area contributed by atoms with Gasteiger partial charge >= 0.3 is 6.15 Å². The number of benzene rings is 1. The van der Waals surface area contributed by atoms with Gasteiger partial charge in [0.25, 0.3) is 0 Å². The topological polar surface area (TPSA) is 80.7 Å². The summed E-state index contributed by atoms with van der Waals surface area (Å²) in [5.41, 5.74) is 4.45. The normalized spacial score (nSPS) is 28.9. The van der Waals surface area contributed by atoms with E-state index in [1.54, 1.807) is 0 Å². The molecule has 0 amide bonds. The van der Waals surface area contributed by atoms with Crippen molar-refractivity contribution >= 4 is 29.3 Å². The smallest absolute Gasteiger partial charge is 0.373 e. The summed E-state index contributed by atoms with van der Waals surface area (Å²) in [5, 5.41) is 11.1. The van der Waals surface area contributed by atoms with E-state index in [-0.39, 0.29) is 41.2 Å². The van der Waals surface area contributed by atoms with Crippen LogP contribution in [0, 0.1) is 32.6 Å². The molecule has 0 spiro atoms. The third-order valence-electron chi connectivity index (χ3n) is 6.58. The van der Waals surface area contributed by atoms with E-state index >= 15 is 0 Å². The zero-order valence-corrected chi connectivity index (χ0v) is 18.9. The molecule has 0 radical (unpaired) electrons. The van der Waals surface area contributed by atoms with Crippen LogP contribution >= 0.6 is 11.8 Å². The summed E-state index contributed by atoms with van der Waals surface area (Å²) >= 11 is 1.91. The molecule has 0 unspecified atom stereocenters. The number of unbranched alkanes of at least 4 members (excludes halogenated alkanes) is 1. The molecule has 162 valence electrons. The van der Waals surface area contributed by atoms with Gasteiger partial charge in [0.1, 0.15) is 5.76 Å². The number of carbonyl (C=O) groups is 1. The SMILES string of the molecule is CCCCSC[C@]12CC[C@H](O1)[C@@H]1C(O)=C(c3c(C)cc(C)cc3C)C(=O)[C@@H]12.O=C=O. The summed E-state index contributed by atoms with van der Waals surface area (Å²) < 4.78 is 6.38. The number of aliphatic hydroxyl groups is 1. The van der Waals surface area contributed by atoms with E-state index in [4.69, 9.17) is 14.3 Å². The molecule has 1 N–H and O–H groups in total. The maximum absolute atomic E-state index is 13.6. The predicted molar refractivity (Wildman–Crippen MR) is 116 cm³/mol. The molecule has 4 rings (SSSR count). The molecule has 0 aromatic heterocycles. The second-order valence-electron chi connectivity index (χ2n) is 8.65. The second kappa shape index (κ2) is 9.09. The van der Waals surface area contributed by atoms with Crippen molar-refractivity contribution < 1.29 is 24.2 Å². The van der Waals surface area contributed by atoms with Crippen LogP contribution < -0.4 is 0 Å². The van der Waals surface area contributed by atoms with Gasteiger partial charge in [-0.3, -0.25) is 4.79 Å². The summed E-state index contributed by atoms with van der Waals surface area (Å²) in [6.07, 6.45) is 4.52. The molecule has 1 aromatic rings. The quantitative estimate of drug-likeness (QED) is 0.666. The zero-order chi connectivity index (χ0) is 22.1. The number of thioether (sulfide) groups is 1. The van der Waals surface area contributed by atoms with Gasteiger partial charge in [-0.15, -0.1) is 0 Å². The van der Waals surface area contributed by atoms with Crippen LogP contribution in [-0.4, -0.2) is 40.3 Å². The van der Waals surface area contributed by atoms with E-state index in [9.17, 15) is 9.90 Å². The average molecular weight is 431 g/mol. The minimum atomic E-state index is -0.382. The first-order valence-corrected chi connectivity index (χ1v) is 11.8. The molecule has 2 fully saturated rings. The number of carbonyl (C=O) groups excluding carboxylic acids is 3. The van der Waals surface area contributed by atoms with Crippen molar-refractivity contribution in [2.75, 3.05) is 11.5 Å². The van der Waals surface area contributed by atoms with Crippen LogP contribution in [0.4, 0.5) is 0 Å². The molecule has 0 saturated carbocycles. The van der Waals surface area contributed by atoms with Gasteiger partial charge in [0.15, 0.2) is 5.78 Å². The van der Waals surface area contributed by atoms with Crippen LogP contribution in [0.25, 0.3) is 5.57 Å². The maximum Gasteiger partial charge on any atom is 0.373 e. The Balaban J connectivity index is 0.000000806. The second-order valence-corrected chi connectivity index (χ2v) is 9.76. The van der Waals surface area contributed by atoms with Gasteiger partial charge in [-0.05, 0) is 62.5 Å². The third-order valence-corrected chi connectivity index (χ3v) is 7.85. The van der Waals surface area contributed by atoms with Gasteiger partial charge in [0.05, 0.1) is 29.1 Å². The lowest BCUT2D eigenvalue weighted by atomic mass is 9.73. The van der Waals surface area contributed by atoms with E-state index in [0.717, 1.165) is 41.0 Å². The van der Waals surface area contributed by atoms with Crippen molar-refractivity contribution in [3.05, 3.63) is 40.1 Å². The molecule has 30 heavy (non-hydrogen) atoms. The summed E-state index contributed by atoms with van der Waals surface area (Å²) in [5.74, 6) is 2.01. The Morgan fingerprint density at radius 2 is 1.87 bits per heavy atom. The van der Waals surface area contributed by atoms with Crippen LogP contribution in [0.15, 0.2) is 17.9 Å². The Bertz CT molecular complexity index is 876. The van der Waals surface area contributed by atoms with Crippen LogP contribution in [0.1, 0.15) is 54.9 Å². The fourth-order valence-corrected chi connectivity index (χ4v) is 6.90. The summed E-state index contributed by atoms with van der Waals surface area (Å²) in [4.78, 5) is 29.8. The first-order chi connectivity index (χ1) is 14.3. The van der Waals surface area contributed by atoms with E-state index in [1.165, 1.54) is 18.4 Å². The fourth-order valence-electron chi connectivity index (χ4n) is 5.53. The highest BCUT2D eigenvalue weighted by atomic mass is 32.2. The van der Waals surface area contributed by atoms with Crippen LogP contribution in [0.3, 0.4) is 0 Å².